The lowest BCUT2D eigenvalue weighted by molar-refractivity contribution is -0.145. The van der Waals surface area contributed by atoms with Crippen LogP contribution in [0.25, 0.3) is 0 Å². The van der Waals surface area contributed by atoms with E-state index in [4.69, 9.17) is 16.3 Å². The number of hydrogen-bond donors (Lipinski definition) is 1. The zero-order valence-corrected chi connectivity index (χ0v) is 15.1. The van der Waals surface area contributed by atoms with Crippen LogP contribution in [0.1, 0.15) is 16.7 Å². The van der Waals surface area contributed by atoms with Crippen molar-refractivity contribution in [1.29, 1.82) is 0 Å². The maximum atomic E-state index is 12.8. The summed E-state index contributed by atoms with van der Waals surface area (Å²) in [5.74, 6) is -1.24. The minimum absolute atomic E-state index is 0.165. The molecule has 2 rings (SSSR count). The molecule has 2 aromatic rings. The minimum atomic E-state index is -4.49. The van der Waals surface area contributed by atoms with Gasteiger partial charge in [0.15, 0.2) is 0 Å². The number of amides is 1. The highest BCUT2D eigenvalue weighted by molar-refractivity contribution is 6.30. The standard InChI is InChI=1S/C19H17ClF3NO3/c1-27-18(26)16(10-12-5-7-15(20)8-6-12)24-17(25)11-13-3-2-4-14(9-13)19(21,22)23/h2-9,16H,10-11H2,1H3,(H,24,25)/t16-/m0/s1. The van der Waals surface area contributed by atoms with Crippen LogP contribution in [0.2, 0.25) is 5.02 Å². The van der Waals surface area contributed by atoms with Gasteiger partial charge in [-0.2, -0.15) is 13.2 Å². The Morgan fingerprint density at radius 2 is 1.78 bits per heavy atom. The Bertz CT molecular complexity index is 807. The van der Waals surface area contributed by atoms with Crippen molar-refractivity contribution in [3.63, 3.8) is 0 Å². The van der Waals surface area contributed by atoms with Crippen LogP contribution in [-0.2, 0) is 33.3 Å². The van der Waals surface area contributed by atoms with E-state index in [-0.39, 0.29) is 18.4 Å². The van der Waals surface area contributed by atoms with Crippen molar-refractivity contribution < 1.29 is 27.5 Å². The molecule has 0 aromatic heterocycles. The molecule has 0 aliphatic rings. The second kappa shape index (κ2) is 8.90. The molecule has 27 heavy (non-hydrogen) atoms. The number of ether oxygens (including phenoxy) is 1. The van der Waals surface area contributed by atoms with Gasteiger partial charge in [-0.25, -0.2) is 4.79 Å². The summed E-state index contributed by atoms with van der Waals surface area (Å²) < 4.78 is 43.0. The third kappa shape index (κ3) is 6.29. The van der Waals surface area contributed by atoms with Gasteiger partial charge in [0.25, 0.3) is 0 Å². The molecule has 0 heterocycles. The molecule has 8 heteroatoms. The number of halogens is 4. The van der Waals surface area contributed by atoms with Gasteiger partial charge in [0.1, 0.15) is 6.04 Å². The van der Waals surface area contributed by atoms with Crippen molar-refractivity contribution in [2.24, 2.45) is 0 Å². The van der Waals surface area contributed by atoms with Crippen molar-refractivity contribution >= 4 is 23.5 Å². The Morgan fingerprint density at radius 1 is 1.11 bits per heavy atom. The molecule has 0 bridgehead atoms. The van der Waals surface area contributed by atoms with E-state index in [1.807, 2.05) is 0 Å². The van der Waals surface area contributed by atoms with Crippen molar-refractivity contribution in [2.45, 2.75) is 25.1 Å². The first-order chi connectivity index (χ1) is 12.7. The van der Waals surface area contributed by atoms with Crippen LogP contribution in [-0.4, -0.2) is 25.0 Å². The number of alkyl halides is 3. The summed E-state index contributed by atoms with van der Waals surface area (Å²) >= 11 is 5.82. The van der Waals surface area contributed by atoms with Gasteiger partial charge in [0, 0.05) is 11.4 Å². The molecule has 0 radical (unpaired) electrons. The van der Waals surface area contributed by atoms with Crippen LogP contribution in [0, 0.1) is 0 Å². The third-order valence-electron chi connectivity index (χ3n) is 3.79. The quantitative estimate of drug-likeness (QED) is 0.752. The van der Waals surface area contributed by atoms with Gasteiger partial charge >= 0.3 is 12.1 Å². The van der Waals surface area contributed by atoms with Crippen LogP contribution in [0.3, 0.4) is 0 Å². The zero-order chi connectivity index (χ0) is 20.0. The molecule has 1 amide bonds. The maximum Gasteiger partial charge on any atom is 0.416 e. The van der Waals surface area contributed by atoms with E-state index in [2.05, 4.69) is 5.32 Å². The average Bonchev–Trinajstić information content (AvgIpc) is 2.61. The van der Waals surface area contributed by atoms with E-state index < -0.39 is 29.7 Å². The summed E-state index contributed by atoms with van der Waals surface area (Å²) in [7, 11) is 1.19. The zero-order valence-electron chi connectivity index (χ0n) is 14.3. The second-order valence-electron chi connectivity index (χ2n) is 5.85. The smallest absolute Gasteiger partial charge is 0.416 e. The second-order valence-corrected chi connectivity index (χ2v) is 6.29. The number of nitrogens with one attached hydrogen (secondary N) is 1. The van der Waals surface area contributed by atoms with Crippen LogP contribution < -0.4 is 5.32 Å². The monoisotopic (exact) mass is 399 g/mol. The maximum absolute atomic E-state index is 12.8. The largest absolute Gasteiger partial charge is 0.467 e. The Kier molecular flexibility index (Phi) is 6.85. The molecular weight excluding hydrogens is 383 g/mol. The predicted molar refractivity (Wildman–Crippen MR) is 94.3 cm³/mol. The lowest BCUT2D eigenvalue weighted by Gasteiger charge is -2.17. The summed E-state index contributed by atoms with van der Waals surface area (Å²) in [6.45, 7) is 0. The highest BCUT2D eigenvalue weighted by Gasteiger charge is 2.30. The molecule has 0 spiro atoms. The molecule has 0 aliphatic heterocycles. The summed E-state index contributed by atoms with van der Waals surface area (Å²) in [6.07, 6.45) is -4.62. The Balaban J connectivity index is 2.07. The number of carbonyl (C=O) groups is 2. The number of benzene rings is 2. The van der Waals surface area contributed by atoms with Gasteiger partial charge in [0.2, 0.25) is 5.91 Å². The fourth-order valence-corrected chi connectivity index (χ4v) is 2.61. The summed E-state index contributed by atoms with van der Waals surface area (Å²) in [5, 5.41) is 3.04. The summed E-state index contributed by atoms with van der Waals surface area (Å²) in [4.78, 5) is 24.2. The fourth-order valence-electron chi connectivity index (χ4n) is 2.48. The molecule has 0 saturated carbocycles. The van der Waals surface area contributed by atoms with Crippen molar-refractivity contribution in [3.8, 4) is 0 Å². The molecule has 0 fully saturated rings. The topological polar surface area (TPSA) is 55.4 Å². The first-order valence-corrected chi connectivity index (χ1v) is 8.34. The van der Waals surface area contributed by atoms with Crippen molar-refractivity contribution in [1.82, 2.24) is 5.32 Å². The molecule has 2 aromatic carbocycles. The minimum Gasteiger partial charge on any atom is -0.467 e. The van der Waals surface area contributed by atoms with Gasteiger partial charge in [0.05, 0.1) is 19.1 Å². The Morgan fingerprint density at radius 3 is 2.37 bits per heavy atom. The SMILES string of the molecule is COC(=O)[C@H](Cc1ccc(Cl)cc1)NC(=O)Cc1cccc(C(F)(F)F)c1. The first kappa shape index (κ1) is 20.8. The van der Waals surface area contributed by atoms with E-state index in [1.54, 1.807) is 24.3 Å². The first-order valence-electron chi connectivity index (χ1n) is 7.97. The number of rotatable bonds is 6. The Hall–Kier alpha value is -2.54. The fraction of sp³-hybridized carbons (Fsp3) is 0.263. The van der Waals surface area contributed by atoms with Gasteiger partial charge in [-0.1, -0.05) is 41.9 Å². The number of esters is 1. The van der Waals surface area contributed by atoms with E-state index in [0.717, 1.165) is 17.7 Å². The summed E-state index contributed by atoms with van der Waals surface area (Å²) in [6, 6.07) is 10.2. The highest BCUT2D eigenvalue weighted by atomic mass is 35.5. The van der Waals surface area contributed by atoms with Gasteiger partial charge in [-0.05, 0) is 29.3 Å². The van der Waals surface area contributed by atoms with Crippen molar-refractivity contribution in [3.05, 3.63) is 70.2 Å². The van der Waals surface area contributed by atoms with Crippen molar-refractivity contribution in [2.75, 3.05) is 7.11 Å². The normalized spacial score (nSPS) is 12.3. The van der Waals surface area contributed by atoms with E-state index in [0.29, 0.717) is 5.02 Å². The molecule has 0 saturated heterocycles. The summed E-state index contributed by atoms with van der Waals surface area (Å²) in [5.41, 5.74) is 0.102. The van der Waals surface area contributed by atoms with Crippen LogP contribution in [0.5, 0.6) is 0 Å². The van der Waals surface area contributed by atoms with E-state index in [9.17, 15) is 22.8 Å². The van der Waals surface area contributed by atoms with Gasteiger partial charge < -0.3 is 10.1 Å². The molecule has 0 aliphatic carbocycles. The lowest BCUT2D eigenvalue weighted by atomic mass is 10.0. The van der Waals surface area contributed by atoms with Crippen LogP contribution in [0.15, 0.2) is 48.5 Å². The number of carbonyl (C=O) groups excluding carboxylic acids is 2. The molecular formula is C19H17ClF3NO3. The molecule has 144 valence electrons. The number of hydrogen-bond acceptors (Lipinski definition) is 3. The molecule has 0 unspecified atom stereocenters. The number of methoxy groups -OCH3 is 1. The van der Waals surface area contributed by atoms with Crippen LogP contribution in [0.4, 0.5) is 13.2 Å². The lowest BCUT2D eigenvalue weighted by Crippen LogP contribution is -2.43. The molecule has 1 N–H and O–H groups in total. The molecule has 4 nitrogen and oxygen atoms in total. The third-order valence-corrected chi connectivity index (χ3v) is 4.04. The van der Waals surface area contributed by atoms with E-state index >= 15 is 0 Å². The molecule has 1 atom stereocenters. The van der Waals surface area contributed by atoms with Gasteiger partial charge in [-0.3, -0.25) is 4.79 Å². The van der Waals surface area contributed by atoms with E-state index in [1.165, 1.54) is 19.2 Å². The predicted octanol–water partition coefficient (Wildman–Crippen LogP) is 3.80. The average molecular weight is 400 g/mol. The Labute approximate surface area is 159 Å². The van der Waals surface area contributed by atoms with Gasteiger partial charge in [-0.15, -0.1) is 0 Å². The van der Waals surface area contributed by atoms with Crippen LogP contribution >= 0.6 is 11.6 Å². The highest BCUT2D eigenvalue weighted by Crippen LogP contribution is 2.29.